The number of hydrogen-bond acceptors (Lipinski definition) is 3. The van der Waals surface area contributed by atoms with Crippen molar-refractivity contribution >= 4 is 23.4 Å². The Labute approximate surface area is 213 Å². The maximum atomic E-state index is 13.2. The summed E-state index contributed by atoms with van der Waals surface area (Å²) in [6.07, 6.45) is 1.76. The number of carbonyl (C=O) groups excluding carboxylic acids is 3. The van der Waals surface area contributed by atoms with E-state index in [1.807, 2.05) is 67.6 Å². The molecule has 0 saturated carbocycles. The summed E-state index contributed by atoms with van der Waals surface area (Å²) in [6, 6.07) is 25.4. The minimum Gasteiger partial charge on any atom is -0.349 e. The molecule has 1 unspecified atom stereocenters. The van der Waals surface area contributed by atoms with Crippen LogP contribution < -0.4 is 10.6 Å². The van der Waals surface area contributed by atoms with Crippen molar-refractivity contribution in [1.82, 2.24) is 10.2 Å². The Balaban J connectivity index is 1.73. The molecule has 187 valence electrons. The average molecular weight is 485 g/mol. The first-order chi connectivity index (χ1) is 17.4. The lowest BCUT2D eigenvalue weighted by atomic mass is 9.95. The summed E-state index contributed by atoms with van der Waals surface area (Å²) in [5, 5.41) is 5.95. The van der Waals surface area contributed by atoms with Crippen molar-refractivity contribution in [2.45, 2.75) is 32.2 Å². The van der Waals surface area contributed by atoms with Gasteiger partial charge in [-0.25, -0.2) is 0 Å². The maximum Gasteiger partial charge on any atom is 0.253 e. The largest absolute Gasteiger partial charge is 0.349 e. The zero-order chi connectivity index (χ0) is 25.9. The van der Waals surface area contributed by atoms with Crippen LogP contribution >= 0.6 is 0 Å². The third kappa shape index (κ3) is 7.80. The summed E-state index contributed by atoms with van der Waals surface area (Å²) in [7, 11) is 1.75. The predicted molar refractivity (Wildman–Crippen MR) is 144 cm³/mol. The quantitative estimate of drug-likeness (QED) is 0.403. The molecule has 1 radical (unpaired) electrons. The van der Waals surface area contributed by atoms with Gasteiger partial charge in [-0.1, -0.05) is 61.5 Å². The molecule has 3 rings (SSSR count). The second-order valence-corrected chi connectivity index (χ2v) is 8.96. The van der Waals surface area contributed by atoms with E-state index < -0.39 is 5.92 Å². The first-order valence-corrected chi connectivity index (χ1v) is 12.3. The molecule has 36 heavy (non-hydrogen) atoms. The maximum absolute atomic E-state index is 13.2. The second-order valence-electron chi connectivity index (χ2n) is 8.96. The van der Waals surface area contributed by atoms with Crippen LogP contribution in [-0.2, 0) is 11.2 Å². The van der Waals surface area contributed by atoms with Gasteiger partial charge in [0.2, 0.25) is 5.91 Å². The van der Waals surface area contributed by atoms with Crippen LogP contribution in [0.1, 0.15) is 46.0 Å². The van der Waals surface area contributed by atoms with Crippen molar-refractivity contribution in [3.63, 3.8) is 0 Å². The molecule has 0 bridgehead atoms. The van der Waals surface area contributed by atoms with Crippen molar-refractivity contribution in [3.8, 4) is 0 Å². The number of hydrogen-bond donors (Lipinski definition) is 2. The SMILES string of the molecule is [CH2]C(C[C@H](Cc1ccccc1)NC(=O)c1cccc(C(=O)N(C)CCC)c1)C(=O)Nc1ccccc1. The van der Waals surface area contributed by atoms with Gasteiger partial charge < -0.3 is 15.5 Å². The highest BCUT2D eigenvalue weighted by molar-refractivity contribution is 5.99. The van der Waals surface area contributed by atoms with Gasteiger partial charge >= 0.3 is 0 Å². The Morgan fingerprint density at radius 3 is 2.19 bits per heavy atom. The summed E-state index contributed by atoms with van der Waals surface area (Å²) in [5.74, 6) is -1.20. The summed E-state index contributed by atoms with van der Waals surface area (Å²) >= 11 is 0. The smallest absolute Gasteiger partial charge is 0.253 e. The lowest BCUT2D eigenvalue weighted by Crippen LogP contribution is -2.39. The molecule has 6 nitrogen and oxygen atoms in total. The van der Waals surface area contributed by atoms with Crippen molar-refractivity contribution < 1.29 is 14.4 Å². The number of rotatable bonds is 11. The molecule has 0 saturated heterocycles. The molecule has 2 N–H and O–H groups in total. The number of para-hydroxylation sites is 1. The molecule has 0 aliphatic carbocycles. The number of carbonyl (C=O) groups is 3. The normalized spacial score (nSPS) is 12.3. The van der Waals surface area contributed by atoms with Crippen molar-refractivity contribution in [2.24, 2.45) is 5.92 Å². The van der Waals surface area contributed by atoms with Crippen molar-refractivity contribution in [1.29, 1.82) is 0 Å². The van der Waals surface area contributed by atoms with E-state index in [4.69, 9.17) is 0 Å². The first kappa shape index (κ1) is 26.7. The molecular weight excluding hydrogens is 450 g/mol. The fraction of sp³-hybridized carbons (Fsp3) is 0.267. The number of anilines is 1. The average Bonchev–Trinajstić information content (AvgIpc) is 2.89. The van der Waals surface area contributed by atoms with E-state index in [0.717, 1.165) is 12.0 Å². The summed E-state index contributed by atoms with van der Waals surface area (Å²) in [4.78, 5) is 40.3. The zero-order valence-corrected chi connectivity index (χ0v) is 20.9. The van der Waals surface area contributed by atoms with Gasteiger partial charge in [0.1, 0.15) is 0 Å². The Kier molecular flexibility index (Phi) is 9.81. The molecule has 3 aromatic rings. The Morgan fingerprint density at radius 1 is 0.889 bits per heavy atom. The third-order valence-electron chi connectivity index (χ3n) is 5.92. The molecule has 0 spiro atoms. The molecule has 6 heteroatoms. The highest BCUT2D eigenvalue weighted by atomic mass is 16.2. The van der Waals surface area contributed by atoms with Crippen LogP contribution in [0.3, 0.4) is 0 Å². The van der Waals surface area contributed by atoms with Crippen LogP contribution in [-0.4, -0.2) is 42.3 Å². The summed E-state index contributed by atoms with van der Waals surface area (Å²) in [6.45, 7) is 6.71. The van der Waals surface area contributed by atoms with Crippen LogP contribution in [0.5, 0.6) is 0 Å². The van der Waals surface area contributed by atoms with E-state index in [-0.39, 0.29) is 23.8 Å². The van der Waals surface area contributed by atoms with Gasteiger partial charge in [0.05, 0.1) is 0 Å². The summed E-state index contributed by atoms with van der Waals surface area (Å²) in [5.41, 5.74) is 2.62. The standard InChI is InChI=1S/C30H34N3O3/c1-4-18-33(3)30(36)25-15-11-14-24(21-25)29(35)32-27(20-23-12-7-5-8-13-23)19-22(2)28(34)31-26-16-9-6-10-17-26/h5-17,21-22,27H,2,4,18-20H2,1,3H3,(H,31,34)(H,32,35)/t22?,27-/m1/s1. The number of nitrogens with one attached hydrogen (secondary N) is 2. The molecule has 0 aromatic heterocycles. The lowest BCUT2D eigenvalue weighted by molar-refractivity contribution is -0.119. The Morgan fingerprint density at radius 2 is 1.53 bits per heavy atom. The minimum absolute atomic E-state index is 0.122. The molecule has 3 amide bonds. The monoisotopic (exact) mass is 484 g/mol. The zero-order valence-electron chi connectivity index (χ0n) is 20.9. The van der Waals surface area contributed by atoms with E-state index in [2.05, 4.69) is 17.6 Å². The van der Waals surface area contributed by atoms with E-state index in [1.54, 1.807) is 36.2 Å². The van der Waals surface area contributed by atoms with Crippen LogP contribution in [0.15, 0.2) is 84.9 Å². The number of nitrogens with zero attached hydrogens (tertiary/aromatic N) is 1. The molecule has 0 heterocycles. The van der Waals surface area contributed by atoms with Gasteiger partial charge in [-0.2, -0.15) is 0 Å². The molecule has 2 atom stereocenters. The van der Waals surface area contributed by atoms with E-state index >= 15 is 0 Å². The number of amides is 3. The fourth-order valence-corrected chi connectivity index (χ4v) is 4.03. The summed E-state index contributed by atoms with van der Waals surface area (Å²) < 4.78 is 0. The molecule has 0 aliphatic rings. The van der Waals surface area contributed by atoms with Crippen LogP contribution in [0.4, 0.5) is 5.69 Å². The lowest BCUT2D eigenvalue weighted by Gasteiger charge is -2.23. The van der Waals surface area contributed by atoms with Gasteiger partial charge in [-0.05, 0) is 62.1 Å². The van der Waals surface area contributed by atoms with Gasteiger partial charge in [0, 0.05) is 42.4 Å². The number of benzene rings is 3. The highest BCUT2D eigenvalue weighted by Gasteiger charge is 2.22. The Bertz CT molecular complexity index is 1150. The van der Waals surface area contributed by atoms with Crippen molar-refractivity contribution in [2.75, 3.05) is 18.9 Å². The van der Waals surface area contributed by atoms with E-state index in [1.165, 1.54) is 0 Å². The van der Waals surface area contributed by atoms with Crippen LogP contribution in [0, 0.1) is 12.8 Å². The first-order valence-electron chi connectivity index (χ1n) is 12.3. The molecular formula is C30H34N3O3. The van der Waals surface area contributed by atoms with Gasteiger partial charge in [0.15, 0.2) is 0 Å². The highest BCUT2D eigenvalue weighted by Crippen LogP contribution is 2.16. The fourth-order valence-electron chi connectivity index (χ4n) is 4.03. The van der Waals surface area contributed by atoms with Crippen molar-refractivity contribution in [3.05, 3.63) is 109 Å². The van der Waals surface area contributed by atoms with Gasteiger partial charge in [0.25, 0.3) is 11.8 Å². The predicted octanol–water partition coefficient (Wildman–Crippen LogP) is 4.99. The van der Waals surface area contributed by atoms with Crippen LogP contribution in [0.25, 0.3) is 0 Å². The second kappa shape index (κ2) is 13.2. The Hall–Kier alpha value is -3.93. The van der Waals surface area contributed by atoms with Gasteiger partial charge in [-0.15, -0.1) is 0 Å². The molecule has 0 fully saturated rings. The van der Waals surface area contributed by atoms with E-state index in [9.17, 15) is 14.4 Å². The van der Waals surface area contributed by atoms with E-state index in [0.29, 0.717) is 36.2 Å². The molecule has 3 aromatic carbocycles. The minimum atomic E-state index is -0.574. The van der Waals surface area contributed by atoms with Crippen LogP contribution in [0.2, 0.25) is 0 Å². The third-order valence-corrected chi connectivity index (χ3v) is 5.92. The topological polar surface area (TPSA) is 78.5 Å². The van der Waals surface area contributed by atoms with Gasteiger partial charge in [-0.3, -0.25) is 14.4 Å². The molecule has 0 aliphatic heterocycles.